The summed E-state index contributed by atoms with van der Waals surface area (Å²) in [6.45, 7) is 1.71. The van der Waals surface area contributed by atoms with Crippen LogP contribution in [0.15, 0.2) is 22.7 Å². The van der Waals surface area contributed by atoms with E-state index in [1.807, 2.05) is 13.1 Å². The molecule has 2 rings (SSSR count). The third-order valence-corrected chi connectivity index (χ3v) is 4.18. The van der Waals surface area contributed by atoms with Crippen molar-refractivity contribution in [1.29, 1.82) is 0 Å². The molecule has 0 amide bonds. The van der Waals surface area contributed by atoms with E-state index < -0.39 is 0 Å². The first kappa shape index (κ1) is 13.8. The fraction of sp³-hybridized carbons (Fsp3) is 0.571. The lowest BCUT2D eigenvalue weighted by molar-refractivity contribution is 0.0342. The van der Waals surface area contributed by atoms with Gasteiger partial charge in [-0.2, -0.15) is 0 Å². The Morgan fingerprint density at radius 2 is 2.33 bits per heavy atom. The van der Waals surface area contributed by atoms with Crippen LogP contribution in [0, 0.1) is 5.92 Å². The number of rotatable bonds is 4. The summed E-state index contributed by atoms with van der Waals surface area (Å²) in [4.78, 5) is 0. The van der Waals surface area contributed by atoms with Crippen LogP contribution in [-0.2, 0) is 11.2 Å². The van der Waals surface area contributed by atoms with E-state index in [1.165, 1.54) is 5.56 Å². The molecule has 1 N–H and O–H groups in total. The van der Waals surface area contributed by atoms with Crippen LogP contribution in [0.3, 0.4) is 0 Å². The minimum absolute atomic E-state index is 0.545. The molecule has 1 aromatic carbocycles. The summed E-state index contributed by atoms with van der Waals surface area (Å²) in [6, 6.07) is 6.84. The Labute approximate surface area is 117 Å². The predicted molar refractivity (Wildman–Crippen MR) is 76.2 cm³/mol. The normalized spacial score (nSPS) is 23.9. The zero-order valence-corrected chi connectivity index (χ0v) is 12.5. The number of halogens is 1. The van der Waals surface area contributed by atoms with Crippen molar-refractivity contribution < 1.29 is 9.47 Å². The molecule has 4 heteroatoms. The maximum atomic E-state index is 5.59. The molecule has 1 saturated heterocycles. The lowest BCUT2D eigenvalue weighted by atomic mass is 9.89. The van der Waals surface area contributed by atoms with Crippen LogP contribution < -0.4 is 10.1 Å². The second kappa shape index (κ2) is 6.55. The summed E-state index contributed by atoms with van der Waals surface area (Å²) < 4.78 is 11.8. The average molecular weight is 314 g/mol. The molecule has 1 aliphatic rings. The Hall–Kier alpha value is -0.580. The molecule has 2 atom stereocenters. The molecular weight excluding hydrogens is 294 g/mol. The molecule has 1 fully saturated rings. The molecule has 18 heavy (non-hydrogen) atoms. The molecule has 1 aromatic rings. The van der Waals surface area contributed by atoms with Gasteiger partial charge in [-0.25, -0.2) is 0 Å². The fourth-order valence-corrected chi connectivity index (χ4v) is 3.11. The molecule has 0 aromatic heterocycles. The lowest BCUT2D eigenvalue weighted by Crippen LogP contribution is -2.41. The molecule has 0 bridgehead atoms. The van der Waals surface area contributed by atoms with E-state index in [4.69, 9.17) is 9.47 Å². The molecule has 0 spiro atoms. The molecule has 1 aliphatic heterocycles. The molecule has 1 heterocycles. The van der Waals surface area contributed by atoms with Crippen LogP contribution in [0.25, 0.3) is 0 Å². The maximum Gasteiger partial charge on any atom is 0.133 e. The molecular formula is C14H20BrNO2. The topological polar surface area (TPSA) is 30.5 Å². The molecule has 0 radical (unpaired) electrons. The van der Waals surface area contributed by atoms with Gasteiger partial charge in [-0.15, -0.1) is 0 Å². The van der Waals surface area contributed by atoms with Crippen molar-refractivity contribution in [2.24, 2.45) is 5.92 Å². The van der Waals surface area contributed by atoms with Crippen LogP contribution in [0.5, 0.6) is 5.75 Å². The third-order valence-electron chi connectivity index (χ3n) is 3.56. The van der Waals surface area contributed by atoms with Gasteiger partial charge < -0.3 is 14.8 Å². The van der Waals surface area contributed by atoms with E-state index in [0.29, 0.717) is 12.0 Å². The van der Waals surface area contributed by atoms with Crippen molar-refractivity contribution >= 4 is 15.9 Å². The number of methoxy groups -OCH3 is 1. The SMILES string of the molecule is CNC1CCOCC1Cc1ccc(OC)c(Br)c1. The largest absolute Gasteiger partial charge is 0.496 e. The summed E-state index contributed by atoms with van der Waals surface area (Å²) in [5.74, 6) is 1.42. The van der Waals surface area contributed by atoms with Gasteiger partial charge in [0.05, 0.1) is 18.2 Å². The molecule has 3 nitrogen and oxygen atoms in total. The third kappa shape index (κ3) is 3.25. The van der Waals surface area contributed by atoms with Crippen LogP contribution in [0.1, 0.15) is 12.0 Å². The first-order valence-electron chi connectivity index (χ1n) is 6.32. The van der Waals surface area contributed by atoms with Gasteiger partial charge in [0.15, 0.2) is 0 Å². The average Bonchev–Trinajstić information content (AvgIpc) is 2.39. The van der Waals surface area contributed by atoms with Gasteiger partial charge in [0.25, 0.3) is 0 Å². The highest BCUT2D eigenvalue weighted by Gasteiger charge is 2.24. The summed E-state index contributed by atoms with van der Waals surface area (Å²) in [5, 5.41) is 3.39. The van der Waals surface area contributed by atoms with Crippen LogP contribution in [-0.4, -0.2) is 33.4 Å². The van der Waals surface area contributed by atoms with Gasteiger partial charge in [-0.1, -0.05) is 6.07 Å². The second-order valence-corrected chi connectivity index (χ2v) is 5.55. The predicted octanol–water partition coefficient (Wildman–Crippen LogP) is 2.62. The monoisotopic (exact) mass is 313 g/mol. The van der Waals surface area contributed by atoms with E-state index in [-0.39, 0.29) is 0 Å². The minimum atomic E-state index is 0.545. The first-order chi connectivity index (χ1) is 8.74. The second-order valence-electron chi connectivity index (χ2n) is 4.69. The summed E-state index contributed by atoms with van der Waals surface area (Å²) in [6.07, 6.45) is 2.13. The highest BCUT2D eigenvalue weighted by atomic mass is 79.9. The first-order valence-corrected chi connectivity index (χ1v) is 7.11. The molecule has 0 saturated carbocycles. The number of hydrogen-bond acceptors (Lipinski definition) is 3. The van der Waals surface area contributed by atoms with Crippen molar-refractivity contribution in [3.05, 3.63) is 28.2 Å². The van der Waals surface area contributed by atoms with Crippen LogP contribution in [0.2, 0.25) is 0 Å². The van der Waals surface area contributed by atoms with Crippen molar-refractivity contribution in [2.75, 3.05) is 27.4 Å². The van der Waals surface area contributed by atoms with Gasteiger partial charge in [-0.3, -0.25) is 0 Å². The zero-order chi connectivity index (χ0) is 13.0. The van der Waals surface area contributed by atoms with E-state index in [2.05, 4.69) is 33.4 Å². The van der Waals surface area contributed by atoms with Crippen molar-refractivity contribution in [2.45, 2.75) is 18.9 Å². The zero-order valence-electron chi connectivity index (χ0n) is 10.9. The summed E-state index contributed by atoms with van der Waals surface area (Å²) in [7, 11) is 3.72. The highest BCUT2D eigenvalue weighted by molar-refractivity contribution is 9.10. The van der Waals surface area contributed by atoms with E-state index in [9.17, 15) is 0 Å². The van der Waals surface area contributed by atoms with Crippen molar-refractivity contribution in [1.82, 2.24) is 5.32 Å². The van der Waals surface area contributed by atoms with Crippen LogP contribution in [0.4, 0.5) is 0 Å². The van der Waals surface area contributed by atoms with Gasteiger partial charge in [0, 0.05) is 18.6 Å². The lowest BCUT2D eigenvalue weighted by Gasteiger charge is -2.31. The van der Waals surface area contributed by atoms with Gasteiger partial charge in [0.2, 0.25) is 0 Å². The van der Waals surface area contributed by atoms with E-state index in [0.717, 1.165) is 36.3 Å². The standard InChI is InChI=1S/C14H20BrNO2/c1-16-13-5-6-18-9-11(13)7-10-3-4-14(17-2)12(15)8-10/h3-4,8,11,13,16H,5-7,9H2,1-2H3. The number of hydrogen-bond donors (Lipinski definition) is 1. The Kier molecular flexibility index (Phi) is 5.03. The fourth-order valence-electron chi connectivity index (χ4n) is 2.52. The number of ether oxygens (including phenoxy) is 2. The van der Waals surface area contributed by atoms with Gasteiger partial charge in [0.1, 0.15) is 5.75 Å². The number of nitrogens with one attached hydrogen (secondary N) is 1. The molecule has 2 unspecified atom stereocenters. The van der Waals surface area contributed by atoms with Crippen LogP contribution >= 0.6 is 15.9 Å². The molecule has 100 valence electrons. The number of benzene rings is 1. The maximum absolute atomic E-state index is 5.59. The Balaban J connectivity index is 2.05. The molecule has 0 aliphatic carbocycles. The Morgan fingerprint density at radius 3 is 3.00 bits per heavy atom. The van der Waals surface area contributed by atoms with E-state index >= 15 is 0 Å². The Morgan fingerprint density at radius 1 is 1.50 bits per heavy atom. The summed E-state index contributed by atoms with van der Waals surface area (Å²) >= 11 is 3.53. The minimum Gasteiger partial charge on any atom is -0.496 e. The van der Waals surface area contributed by atoms with Gasteiger partial charge >= 0.3 is 0 Å². The van der Waals surface area contributed by atoms with E-state index in [1.54, 1.807) is 7.11 Å². The summed E-state index contributed by atoms with van der Waals surface area (Å²) in [5.41, 5.74) is 1.32. The quantitative estimate of drug-likeness (QED) is 0.927. The van der Waals surface area contributed by atoms with Crippen molar-refractivity contribution in [3.63, 3.8) is 0 Å². The van der Waals surface area contributed by atoms with Crippen molar-refractivity contribution in [3.8, 4) is 5.75 Å². The highest BCUT2D eigenvalue weighted by Crippen LogP contribution is 2.28. The van der Waals surface area contributed by atoms with Gasteiger partial charge in [-0.05, 0) is 53.5 Å². The Bertz CT molecular complexity index is 397. The smallest absolute Gasteiger partial charge is 0.133 e.